The summed E-state index contributed by atoms with van der Waals surface area (Å²) in [7, 11) is 1.91. The van der Waals surface area contributed by atoms with Crippen molar-refractivity contribution in [1.82, 2.24) is 15.1 Å². The standard InChI is InChI=1S/C20H30N4O.HI/c1-21-20(22-19-13-18(19)17-5-3-2-4-6-17)24-8-7-16(15-24)14-23-9-11-25-12-10-23;/h2-6,16,18-19H,7-15H2,1H3,(H,21,22);1H. The van der Waals surface area contributed by atoms with Gasteiger partial charge in [0.15, 0.2) is 5.96 Å². The summed E-state index contributed by atoms with van der Waals surface area (Å²) >= 11 is 0. The highest BCUT2D eigenvalue weighted by molar-refractivity contribution is 14.0. The van der Waals surface area contributed by atoms with Crippen LogP contribution in [0.2, 0.25) is 0 Å². The van der Waals surface area contributed by atoms with Gasteiger partial charge in [-0.2, -0.15) is 0 Å². The predicted molar refractivity (Wildman–Crippen MR) is 116 cm³/mol. The molecule has 5 nitrogen and oxygen atoms in total. The van der Waals surface area contributed by atoms with Gasteiger partial charge in [0, 0.05) is 51.7 Å². The van der Waals surface area contributed by atoms with Crippen LogP contribution in [0.3, 0.4) is 0 Å². The van der Waals surface area contributed by atoms with Gasteiger partial charge in [0.05, 0.1) is 13.2 Å². The van der Waals surface area contributed by atoms with Gasteiger partial charge in [-0.3, -0.25) is 9.89 Å². The molecule has 1 N–H and O–H groups in total. The summed E-state index contributed by atoms with van der Waals surface area (Å²) < 4.78 is 5.46. The molecule has 4 rings (SSSR count). The number of guanidine groups is 1. The number of morpholine rings is 1. The topological polar surface area (TPSA) is 40.1 Å². The van der Waals surface area contributed by atoms with E-state index in [1.165, 1.54) is 24.9 Å². The Balaban J connectivity index is 0.00000196. The zero-order chi connectivity index (χ0) is 17.1. The second kappa shape index (κ2) is 9.37. The predicted octanol–water partition coefficient (Wildman–Crippen LogP) is 2.39. The normalized spacial score (nSPS) is 29.3. The highest BCUT2D eigenvalue weighted by Crippen LogP contribution is 2.40. The maximum absolute atomic E-state index is 5.46. The first-order chi connectivity index (χ1) is 12.3. The number of nitrogens with zero attached hydrogens (tertiary/aromatic N) is 3. The first-order valence-electron chi connectivity index (χ1n) is 9.67. The number of nitrogens with one attached hydrogen (secondary N) is 1. The van der Waals surface area contributed by atoms with Crippen molar-refractivity contribution in [3.8, 4) is 0 Å². The molecule has 1 aromatic carbocycles. The molecule has 0 bridgehead atoms. The highest BCUT2D eigenvalue weighted by Gasteiger charge is 2.40. The number of rotatable bonds is 4. The van der Waals surface area contributed by atoms with Crippen LogP contribution in [0.4, 0.5) is 0 Å². The molecule has 3 fully saturated rings. The zero-order valence-electron chi connectivity index (χ0n) is 15.6. The SMILES string of the molecule is CN=C(NC1CC1c1ccccc1)N1CCC(CN2CCOCC2)C1.I. The van der Waals surface area contributed by atoms with Crippen LogP contribution in [0, 0.1) is 5.92 Å². The van der Waals surface area contributed by atoms with Crippen LogP contribution in [0.25, 0.3) is 0 Å². The molecular weight excluding hydrogens is 439 g/mol. The summed E-state index contributed by atoms with van der Waals surface area (Å²) in [5.41, 5.74) is 1.45. The molecule has 0 aromatic heterocycles. The second-order valence-electron chi connectivity index (χ2n) is 7.56. The Hall–Kier alpha value is -0.860. The van der Waals surface area contributed by atoms with Crippen molar-refractivity contribution in [3.63, 3.8) is 0 Å². The molecular formula is C20H31IN4O. The Morgan fingerprint density at radius 1 is 1.19 bits per heavy atom. The fourth-order valence-corrected chi connectivity index (χ4v) is 4.21. The monoisotopic (exact) mass is 470 g/mol. The molecule has 0 spiro atoms. The van der Waals surface area contributed by atoms with Crippen LogP contribution in [0.5, 0.6) is 0 Å². The van der Waals surface area contributed by atoms with Crippen LogP contribution in [0.1, 0.15) is 24.3 Å². The molecule has 3 unspecified atom stereocenters. The Labute approximate surface area is 174 Å². The third-order valence-electron chi connectivity index (χ3n) is 5.75. The van der Waals surface area contributed by atoms with Gasteiger partial charge in [-0.25, -0.2) is 0 Å². The molecule has 26 heavy (non-hydrogen) atoms. The fraction of sp³-hybridized carbons (Fsp3) is 0.650. The number of halogens is 1. The third-order valence-corrected chi connectivity index (χ3v) is 5.75. The van der Waals surface area contributed by atoms with Crippen molar-refractivity contribution in [2.75, 3.05) is 53.0 Å². The van der Waals surface area contributed by atoms with Crippen LogP contribution >= 0.6 is 24.0 Å². The van der Waals surface area contributed by atoms with E-state index < -0.39 is 0 Å². The molecule has 0 radical (unpaired) electrons. The van der Waals surface area contributed by atoms with Gasteiger partial charge >= 0.3 is 0 Å². The van der Waals surface area contributed by atoms with Gasteiger partial charge in [0.25, 0.3) is 0 Å². The molecule has 1 saturated carbocycles. The Morgan fingerprint density at radius 3 is 2.69 bits per heavy atom. The van der Waals surface area contributed by atoms with E-state index in [1.807, 2.05) is 7.05 Å². The van der Waals surface area contributed by atoms with Gasteiger partial charge < -0.3 is 15.0 Å². The largest absolute Gasteiger partial charge is 0.379 e. The zero-order valence-corrected chi connectivity index (χ0v) is 18.0. The number of ether oxygens (including phenoxy) is 1. The summed E-state index contributed by atoms with van der Waals surface area (Å²) in [5.74, 6) is 2.48. The van der Waals surface area contributed by atoms with Crippen molar-refractivity contribution in [2.45, 2.75) is 24.8 Å². The number of likely N-dealkylation sites (tertiary alicyclic amines) is 1. The second-order valence-corrected chi connectivity index (χ2v) is 7.56. The molecule has 1 aromatic rings. The third kappa shape index (κ3) is 4.89. The molecule has 0 amide bonds. The summed E-state index contributed by atoms with van der Waals surface area (Å²) in [5, 5.41) is 3.70. The van der Waals surface area contributed by atoms with Crippen molar-refractivity contribution in [2.24, 2.45) is 10.9 Å². The highest BCUT2D eigenvalue weighted by atomic mass is 127. The Bertz CT molecular complexity index is 591. The summed E-state index contributed by atoms with van der Waals surface area (Å²) in [6.07, 6.45) is 2.49. The lowest BCUT2D eigenvalue weighted by molar-refractivity contribution is 0.0315. The number of benzene rings is 1. The van der Waals surface area contributed by atoms with Crippen molar-refractivity contribution < 1.29 is 4.74 Å². The minimum atomic E-state index is 0. The molecule has 1 aliphatic carbocycles. The maximum atomic E-state index is 5.46. The molecule has 2 aliphatic heterocycles. The van der Waals surface area contributed by atoms with E-state index in [0.717, 1.165) is 51.3 Å². The maximum Gasteiger partial charge on any atom is 0.193 e. The summed E-state index contributed by atoms with van der Waals surface area (Å²) in [4.78, 5) is 9.56. The molecule has 144 valence electrons. The van der Waals surface area contributed by atoms with E-state index in [0.29, 0.717) is 12.0 Å². The van der Waals surface area contributed by atoms with Crippen molar-refractivity contribution in [1.29, 1.82) is 0 Å². The van der Waals surface area contributed by atoms with E-state index in [2.05, 4.69) is 50.4 Å². The van der Waals surface area contributed by atoms with E-state index >= 15 is 0 Å². The minimum Gasteiger partial charge on any atom is -0.379 e. The van der Waals surface area contributed by atoms with Gasteiger partial charge in [0.2, 0.25) is 0 Å². The number of hydrogen-bond donors (Lipinski definition) is 1. The minimum absolute atomic E-state index is 0. The van der Waals surface area contributed by atoms with Gasteiger partial charge in [0.1, 0.15) is 0 Å². The number of hydrogen-bond acceptors (Lipinski definition) is 3. The van der Waals surface area contributed by atoms with Crippen LogP contribution in [-0.4, -0.2) is 74.8 Å². The van der Waals surface area contributed by atoms with Gasteiger partial charge in [-0.15, -0.1) is 24.0 Å². The average molecular weight is 470 g/mol. The first kappa shape index (κ1) is 19.9. The summed E-state index contributed by atoms with van der Waals surface area (Å²) in [6.45, 7) is 7.41. The van der Waals surface area contributed by atoms with E-state index in [9.17, 15) is 0 Å². The van der Waals surface area contributed by atoms with Crippen LogP contribution in [0.15, 0.2) is 35.3 Å². The fourth-order valence-electron chi connectivity index (χ4n) is 4.21. The van der Waals surface area contributed by atoms with E-state index in [1.54, 1.807) is 0 Å². The first-order valence-corrected chi connectivity index (χ1v) is 9.67. The van der Waals surface area contributed by atoms with Crippen molar-refractivity contribution in [3.05, 3.63) is 35.9 Å². The molecule has 6 heteroatoms. The lowest BCUT2D eigenvalue weighted by atomic mass is 10.1. The lowest BCUT2D eigenvalue weighted by Crippen LogP contribution is -2.43. The molecule has 3 atom stereocenters. The van der Waals surface area contributed by atoms with E-state index in [4.69, 9.17) is 4.74 Å². The van der Waals surface area contributed by atoms with Crippen molar-refractivity contribution >= 4 is 29.9 Å². The number of aliphatic imine (C=N–C) groups is 1. The Kier molecular flexibility index (Phi) is 7.17. The molecule has 2 saturated heterocycles. The van der Waals surface area contributed by atoms with E-state index in [-0.39, 0.29) is 24.0 Å². The smallest absolute Gasteiger partial charge is 0.193 e. The van der Waals surface area contributed by atoms with Crippen LogP contribution in [-0.2, 0) is 4.74 Å². The van der Waals surface area contributed by atoms with Crippen LogP contribution < -0.4 is 5.32 Å². The summed E-state index contributed by atoms with van der Waals surface area (Å²) in [6, 6.07) is 11.4. The quantitative estimate of drug-likeness (QED) is 0.417. The lowest BCUT2D eigenvalue weighted by Gasteiger charge is -2.29. The average Bonchev–Trinajstić information content (AvgIpc) is 3.30. The van der Waals surface area contributed by atoms with Gasteiger partial charge in [-0.05, 0) is 24.3 Å². The molecule has 2 heterocycles. The Morgan fingerprint density at radius 2 is 1.96 bits per heavy atom. The molecule has 3 aliphatic rings. The van der Waals surface area contributed by atoms with Gasteiger partial charge in [-0.1, -0.05) is 30.3 Å².